The summed E-state index contributed by atoms with van der Waals surface area (Å²) in [6, 6.07) is 0. The largest absolute Gasteiger partial charge is 0.385 e. The van der Waals surface area contributed by atoms with E-state index < -0.39 is 0 Å². The maximum absolute atomic E-state index is 11.9. The molecule has 0 radical (unpaired) electrons. The highest BCUT2D eigenvalue weighted by Crippen LogP contribution is 2.19. The molecule has 0 saturated carbocycles. The van der Waals surface area contributed by atoms with Crippen LogP contribution in [0.5, 0.6) is 0 Å². The van der Waals surface area contributed by atoms with E-state index in [1.165, 1.54) is 0 Å². The van der Waals surface area contributed by atoms with Gasteiger partial charge in [-0.15, -0.1) is 0 Å². The summed E-state index contributed by atoms with van der Waals surface area (Å²) in [6.07, 6.45) is 1.68. The lowest BCUT2D eigenvalue weighted by Gasteiger charge is -2.29. The van der Waals surface area contributed by atoms with Gasteiger partial charge in [0.05, 0.1) is 0 Å². The second-order valence-corrected chi connectivity index (χ2v) is 5.31. The third-order valence-electron chi connectivity index (χ3n) is 3.80. The normalized spacial score (nSPS) is 25.9. The number of piperazine rings is 1. The number of ether oxygens (including phenoxy) is 1. The minimum atomic E-state index is 0.325. The number of nitrogens with one attached hydrogen (secondary N) is 1. The Morgan fingerprint density at radius 1 is 1.39 bits per heavy atom. The Balaban J connectivity index is 1.70. The summed E-state index contributed by atoms with van der Waals surface area (Å²) in [4.78, 5) is 16.4. The van der Waals surface area contributed by atoms with Gasteiger partial charge in [0, 0.05) is 66.0 Å². The monoisotopic (exact) mass is 255 g/mol. The first-order valence-corrected chi connectivity index (χ1v) is 6.99. The highest BCUT2D eigenvalue weighted by atomic mass is 16.5. The van der Waals surface area contributed by atoms with Crippen molar-refractivity contribution >= 4 is 5.91 Å². The molecule has 0 bridgehead atoms. The second-order valence-electron chi connectivity index (χ2n) is 5.31. The SMILES string of the molecule is COCCCN1CC(CN2CCNCC2)CC1=O. The summed E-state index contributed by atoms with van der Waals surface area (Å²) in [7, 11) is 1.71. The summed E-state index contributed by atoms with van der Waals surface area (Å²) >= 11 is 0. The molecule has 2 rings (SSSR count). The van der Waals surface area contributed by atoms with E-state index in [1.807, 2.05) is 4.90 Å². The fraction of sp³-hybridized carbons (Fsp3) is 0.923. The average molecular weight is 255 g/mol. The van der Waals surface area contributed by atoms with Crippen LogP contribution in [0.15, 0.2) is 0 Å². The number of methoxy groups -OCH3 is 1. The van der Waals surface area contributed by atoms with E-state index in [1.54, 1.807) is 7.11 Å². The molecule has 1 N–H and O–H groups in total. The van der Waals surface area contributed by atoms with Gasteiger partial charge in [-0.25, -0.2) is 0 Å². The molecule has 2 aliphatic rings. The van der Waals surface area contributed by atoms with Crippen molar-refractivity contribution in [1.82, 2.24) is 15.1 Å². The predicted octanol–water partition coefficient (Wildman–Crippen LogP) is -0.223. The van der Waals surface area contributed by atoms with Crippen molar-refractivity contribution < 1.29 is 9.53 Å². The van der Waals surface area contributed by atoms with Gasteiger partial charge in [0.15, 0.2) is 0 Å². The Morgan fingerprint density at radius 3 is 2.89 bits per heavy atom. The van der Waals surface area contributed by atoms with Crippen LogP contribution in [-0.4, -0.2) is 75.2 Å². The van der Waals surface area contributed by atoms with E-state index in [2.05, 4.69) is 10.2 Å². The Morgan fingerprint density at radius 2 is 2.17 bits per heavy atom. The molecule has 0 aromatic rings. The quantitative estimate of drug-likeness (QED) is 0.666. The first-order chi connectivity index (χ1) is 8.79. The van der Waals surface area contributed by atoms with Crippen LogP contribution < -0.4 is 5.32 Å². The second kappa shape index (κ2) is 7.07. The first-order valence-electron chi connectivity index (χ1n) is 6.99. The van der Waals surface area contributed by atoms with E-state index in [-0.39, 0.29) is 0 Å². The molecule has 1 unspecified atom stereocenters. The van der Waals surface area contributed by atoms with Crippen LogP contribution in [0.4, 0.5) is 0 Å². The van der Waals surface area contributed by atoms with Gasteiger partial charge in [0.25, 0.3) is 0 Å². The van der Waals surface area contributed by atoms with Gasteiger partial charge in [-0.1, -0.05) is 0 Å². The maximum Gasteiger partial charge on any atom is 0.222 e. The van der Waals surface area contributed by atoms with Crippen molar-refractivity contribution in [1.29, 1.82) is 0 Å². The molecule has 2 aliphatic heterocycles. The molecular formula is C13H25N3O2. The third kappa shape index (κ3) is 3.93. The third-order valence-corrected chi connectivity index (χ3v) is 3.80. The Hall–Kier alpha value is -0.650. The lowest BCUT2D eigenvalue weighted by molar-refractivity contribution is -0.127. The van der Waals surface area contributed by atoms with Crippen LogP contribution in [0.3, 0.4) is 0 Å². The Kier molecular flexibility index (Phi) is 5.41. The minimum Gasteiger partial charge on any atom is -0.385 e. The molecule has 1 atom stereocenters. The number of carbonyl (C=O) groups excluding carboxylic acids is 1. The molecule has 0 aromatic carbocycles. The molecule has 5 heteroatoms. The number of hydrogen-bond donors (Lipinski definition) is 1. The molecule has 2 saturated heterocycles. The van der Waals surface area contributed by atoms with E-state index in [0.717, 1.165) is 65.3 Å². The lowest BCUT2D eigenvalue weighted by atomic mass is 10.1. The number of likely N-dealkylation sites (tertiary alicyclic amines) is 1. The van der Waals surface area contributed by atoms with Crippen LogP contribution in [0.2, 0.25) is 0 Å². The molecular weight excluding hydrogens is 230 g/mol. The number of rotatable bonds is 6. The van der Waals surface area contributed by atoms with E-state index in [4.69, 9.17) is 4.74 Å². The highest BCUT2D eigenvalue weighted by Gasteiger charge is 2.30. The predicted molar refractivity (Wildman–Crippen MR) is 70.5 cm³/mol. The molecule has 0 aromatic heterocycles. The van der Waals surface area contributed by atoms with Gasteiger partial charge in [0.2, 0.25) is 5.91 Å². The average Bonchev–Trinajstić information content (AvgIpc) is 2.71. The summed E-state index contributed by atoms with van der Waals surface area (Å²) in [5.74, 6) is 0.851. The molecule has 2 heterocycles. The maximum atomic E-state index is 11.9. The van der Waals surface area contributed by atoms with Crippen molar-refractivity contribution in [2.75, 3.05) is 59.5 Å². The molecule has 0 spiro atoms. The molecule has 104 valence electrons. The van der Waals surface area contributed by atoms with Crippen LogP contribution >= 0.6 is 0 Å². The number of nitrogens with zero attached hydrogens (tertiary/aromatic N) is 2. The minimum absolute atomic E-state index is 0.325. The fourth-order valence-electron chi connectivity index (χ4n) is 2.85. The zero-order valence-electron chi connectivity index (χ0n) is 11.4. The number of hydrogen-bond acceptors (Lipinski definition) is 4. The van der Waals surface area contributed by atoms with Crippen LogP contribution in [-0.2, 0) is 9.53 Å². The smallest absolute Gasteiger partial charge is 0.222 e. The van der Waals surface area contributed by atoms with Crippen molar-refractivity contribution in [3.63, 3.8) is 0 Å². The first kappa shape index (κ1) is 13.8. The van der Waals surface area contributed by atoms with Crippen molar-refractivity contribution in [2.24, 2.45) is 5.92 Å². The number of amides is 1. The lowest BCUT2D eigenvalue weighted by Crippen LogP contribution is -2.45. The van der Waals surface area contributed by atoms with E-state index >= 15 is 0 Å². The Bertz CT molecular complexity index is 267. The standard InChI is InChI=1S/C13H25N3O2/c1-18-8-2-5-16-11-12(9-13(16)17)10-15-6-3-14-4-7-15/h12,14H,2-11H2,1H3. The fourth-order valence-corrected chi connectivity index (χ4v) is 2.85. The molecule has 0 aliphatic carbocycles. The van der Waals surface area contributed by atoms with Gasteiger partial charge in [-0.3, -0.25) is 4.79 Å². The van der Waals surface area contributed by atoms with Crippen molar-refractivity contribution in [3.8, 4) is 0 Å². The molecule has 2 fully saturated rings. The van der Waals surface area contributed by atoms with Crippen LogP contribution in [0, 0.1) is 5.92 Å². The van der Waals surface area contributed by atoms with Gasteiger partial charge in [-0.2, -0.15) is 0 Å². The zero-order valence-corrected chi connectivity index (χ0v) is 11.4. The van der Waals surface area contributed by atoms with E-state index in [9.17, 15) is 4.79 Å². The van der Waals surface area contributed by atoms with Crippen molar-refractivity contribution in [3.05, 3.63) is 0 Å². The summed E-state index contributed by atoms with van der Waals surface area (Å²) in [6.45, 7) is 8.01. The summed E-state index contributed by atoms with van der Waals surface area (Å²) in [5, 5.41) is 3.36. The molecule has 5 nitrogen and oxygen atoms in total. The molecule has 18 heavy (non-hydrogen) atoms. The van der Waals surface area contributed by atoms with Gasteiger partial charge in [-0.05, 0) is 12.3 Å². The van der Waals surface area contributed by atoms with Gasteiger partial charge < -0.3 is 19.9 Å². The van der Waals surface area contributed by atoms with Crippen LogP contribution in [0.25, 0.3) is 0 Å². The highest BCUT2D eigenvalue weighted by molar-refractivity contribution is 5.78. The van der Waals surface area contributed by atoms with Gasteiger partial charge in [0.1, 0.15) is 0 Å². The van der Waals surface area contributed by atoms with E-state index in [0.29, 0.717) is 11.8 Å². The number of carbonyl (C=O) groups is 1. The van der Waals surface area contributed by atoms with Gasteiger partial charge >= 0.3 is 0 Å². The van der Waals surface area contributed by atoms with Crippen molar-refractivity contribution in [2.45, 2.75) is 12.8 Å². The zero-order chi connectivity index (χ0) is 12.8. The summed E-state index contributed by atoms with van der Waals surface area (Å²) < 4.78 is 5.03. The topological polar surface area (TPSA) is 44.8 Å². The van der Waals surface area contributed by atoms with Crippen LogP contribution in [0.1, 0.15) is 12.8 Å². The molecule has 1 amide bonds. The Labute approximate surface area is 109 Å². The summed E-state index contributed by atoms with van der Waals surface area (Å²) in [5.41, 5.74) is 0.